The zero-order valence-electron chi connectivity index (χ0n) is 19.5. The molecule has 5 rings (SSSR count). The Bertz CT molecular complexity index is 1210. The van der Waals surface area contributed by atoms with Gasteiger partial charge in [0.05, 0.1) is 31.2 Å². The van der Waals surface area contributed by atoms with Crippen LogP contribution >= 0.6 is 0 Å². The number of rotatable bonds is 6. The van der Waals surface area contributed by atoms with Gasteiger partial charge < -0.3 is 18.9 Å². The molecule has 0 N–H and O–H groups in total. The van der Waals surface area contributed by atoms with Crippen LogP contribution in [0.4, 0.5) is 9.18 Å². The molecule has 35 heavy (non-hydrogen) atoms. The second-order valence-electron chi connectivity index (χ2n) is 8.76. The summed E-state index contributed by atoms with van der Waals surface area (Å²) in [6, 6.07) is 14.1. The molecule has 2 amide bonds. The fourth-order valence-electron chi connectivity index (χ4n) is 4.92. The van der Waals surface area contributed by atoms with Gasteiger partial charge in [0.15, 0.2) is 0 Å². The Balaban J connectivity index is 1.33. The predicted octanol–water partition coefficient (Wildman–Crippen LogP) is 3.42. The van der Waals surface area contributed by atoms with Crippen LogP contribution in [0.5, 0.6) is 0 Å². The van der Waals surface area contributed by atoms with Gasteiger partial charge in [-0.25, -0.2) is 14.2 Å². The van der Waals surface area contributed by atoms with E-state index in [0.717, 1.165) is 16.7 Å². The van der Waals surface area contributed by atoms with E-state index in [1.54, 1.807) is 41.6 Å². The van der Waals surface area contributed by atoms with Gasteiger partial charge in [0.1, 0.15) is 18.1 Å². The zero-order valence-corrected chi connectivity index (χ0v) is 19.5. The average molecular weight is 479 g/mol. The molecule has 0 radical (unpaired) electrons. The Morgan fingerprint density at radius 1 is 1.17 bits per heavy atom. The molecule has 2 aromatic carbocycles. The Labute approximate surface area is 202 Å². The van der Waals surface area contributed by atoms with Crippen molar-refractivity contribution < 1.29 is 23.5 Å². The van der Waals surface area contributed by atoms with Gasteiger partial charge in [-0.1, -0.05) is 36.4 Å². The van der Waals surface area contributed by atoms with E-state index in [-0.39, 0.29) is 30.0 Å². The molecule has 0 aliphatic carbocycles. The highest BCUT2D eigenvalue weighted by Gasteiger charge is 2.40. The van der Waals surface area contributed by atoms with Crippen LogP contribution in [0.15, 0.2) is 61.1 Å². The van der Waals surface area contributed by atoms with Crippen molar-refractivity contribution >= 4 is 12.0 Å². The summed E-state index contributed by atoms with van der Waals surface area (Å²) >= 11 is 0. The first-order valence-electron chi connectivity index (χ1n) is 11.6. The Morgan fingerprint density at radius 2 is 1.97 bits per heavy atom. The lowest BCUT2D eigenvalue weighted by atomic mass is 9.99. The van der Waals surface area contributed by atoms with Crippen molar-refractivity contribution in [3.63, 3.8) is 0 Å². The van der Waals surface area contributed by atoms with Crippen LogP contribution in [0.1, 0.15) is 22.5 Å². The fourth-order valence-corrected chi connectivity index (χ4v) is 4.92. The van der Waals surface area contributed by atoms with Crippen LogP contribution in [0.25, 0.3) is 11.1 Å². The molecule has 2 aliphatic rings. The van der Waals surface area contributed by atoms with Crippen molar-refractivity contribution in [2.45, 2.75) is 25.1 Å². The Hall–Kier alpha value is -3.72. The lowest BCUT2D eigenvalue weighted by molar-refractivity contribution is -0.0183. The topological polar surface area (TPSA) is 76.9 Å². The largest absolute Gasteiger partial charge is 0.448 e. The second kappa shape index (κ2) is 9.87. The first kappa shape index (κ1) is 23.0. The molecule has 2 atom stereocenters. The van der Waals surface area contributed by atoms with Crippen molar-refractivity contribution in [1.82, 2.24) is 19.4 Å². The van der Waals surface area contributed by atoms with E-state index < -0.39 is 0 Å². The summed E-state index contributed by atoms with van der Waals surface area (Å²) in [5.41, 5.74) is 3.35. The molecular formula is C26H27FN4O4. The standard InChI is InChI=1S/C26H27FN4O4/c1-34-24-16-29(11-10-22(24)31-12-13-35-26(31)33)25(32)23-14-28-17-30(23)15-19-4-2-3-5-21(19)18-6-8-20(27)9-7-18/h2-9,14,17,22,24H,10-13,15-16H2,1H3. The molecule has 9 heteroatoms. The van der Waals surface area contributed by atoms with Crippen LogP contribution in [0.2, 0.25) is 0 Å². The number of piperidine rings is 1. The fraction of sp³-hybridized carbons (Fsp3) is 0.346. The van der Waals surface area contributed by atoms with E-state index in [0.29, 0.717) is 44.9 Å². The van der Waals surface area contributed by atoms with Gasteiger partial charge >= 0.3 is 6.09 Å². The van der Waals surface area contributed by atoms with Gasteiger partial charge in [0, 0.05) is 26.7 Å². The number of carbonyl (C=O) groups excluding carboxylic acids is 2. The maximum absolute atomic E-state index is 13.5. The number of nitrogens with zero attached hydrogens (tertiary/aromatic N) is 4. The summed E-state index contributed by atoms with van der Waals surface area (Å²) in [5.74, 6) is -0.417. The quantitative estimate of drug-likeness (QED) is 0.543. The van der Waals surface area contributed by atoms with E-state index in [1.807, 2.05) is 28.8 Å². The minimum absolute atomic E-state index is 0.119. The zero-order chi connectivity index (χ0) is 24.4. The number of hydrogen-bond acceptors (Lipinski definition) is 5. The number of likely N-dealkylation sites (tertiary alicyclic amines) is 1. The molecule has 0 bridgehead atoms. The molecule has 2 unspecified atom stereocenters. The van der Waals surface area contributed by atoms with Crippen LogP contribution in [0.3, 0.4) is 0 Å². The normalized spacial score (nSPS) is 20.2. The molecule has 2 fully saturated rings. The van der Waals surface area contributed by atoms with Gasteiger partial charge in [-0.3, -0.25) is 9.69 Å². The number of methoxy groups -OCH3 is 1. The summed E-state index contributed by atoms with van der Waals surface area (Å²) in [6.45, 7) is 2.24. The number of halogens is 1. The van der Waals surface area contributed by atoms with Gasteiger partial charge in [-0.15, -0.1) is 0 Å². The third kappa shape index (κ3) is 4.64. The van der Waals surface area contributed by atoms with Crippen molar-refractivity contribution in [3.8, 4) is 11.1 Å². The summed E-state index contributed by atoms with van der Waals surface area (Å²) < 4.78 is 26.0. The van der Waals surface area contributed by atoms with Crippen molar-refractivity contribution in [1.29, 1.82) is 0 Å². The molecule has 1 aromatic heterocycles. The number of amides is 2. The van der Waals surface area contributed by atoms with E-state index in [2.05, 4.69) is 4.98 Å². The number of ether oxygens (including phenoxy) is 2. The van der Waals surface area contributed by atoms with Gasteiger partial charge in [0.2, 0.25) is 0 Å². The molecule has 2 saturated heterocycles. The molecule has 0 saturated carbocycles. The van der Waals surface area contributed by atoms with Crippen molar-refractivity contribution in [2.75, 3.05) is 33.4 Å². The van der Waals surface area contributed by atoms with Crippen LogP contribution < -0.4 is 0 Å². The van der Waals surface area contributed by atoms with Gasteiger partial charge in [0.25, 0.3) is 5.91 Å². The number of cyclic esters (lactones) is 1. The summed E-state index contributed by atoms with van der Waals surface area (Å²) in [4.78, 5) is 33.2. The number of imidazole rings is 1. The maximum Gasteiger partial charge on any atom is 0.410 e. The molecule has 2 aliphatic heterocycles. The number of aromatic nitrogens is 2. The number of carbonyl (C=O) groups is 2. The highest BCUT2D eigenvalue weighted by molar-refractivity contribution is 5.92. The van der Waals surface area contributed by atoms with Crippen LogP contribution in [0, 0.1) is 5.82 Å². The highest BCUT2D eigenvalue weighted by atomic mass is 19.1. The van der Waals surface area contributed by atoms with Crippen LogP contribution in [-0.4, -0.2) is 76.8 Å². The van der Waals surface area contributed by atoms with Gasteiger partial charge in [-0.2, -0.15) is 0 Å². The monoisotopic (exact) mass is 478 g/mol. The molecule has 182 valence electrons. The molecule has 8 nitrogen and oxygen atoms in total. The lowest BCUT2D eigenvalue weighted by Gasteiger charge is -2.40. The molecule has 0 spiro atoms. The Kier molecular flexibility index (Phi) is 6.50. The Morgan fingerprint density at radius 3 is 2.71 bits per heavy atom. The lowest BCUT2D eigenvalue weighted by Crippen LogP contribution is -2.56. The van der Waals surface area contributed by atoms with Gasteiger partial charge in [-0.05, 0) is 35.2 Å². The molecular weight excluding hydrogens is 451 g/mol. The van der Waals surface area contributed by atoms with E-state index in [9.17, 15) is 14.0 Å². The number of benzene rings is 2. The van der Waals surface area contributed by atoms with Crippen molar-refractivity contribution in [2.24, 2.45) is 0 Å². The minimum atomic E-state index is -0.324. The maximum atomic E-state index is 13.5. The number of hydrogen-bond donors (Lipinski definition) is 0. The first-order chi connectivity index (χ1) is 17.0. The van der Waals surface area contributed by atoms with Crippen LogP contribution in [-0.2, 0) is 16.0 Å². The third-order valence-corrected chi connectivity index (χ3v) is 6.75. The summed E-state index contributed by atoms with van der Waals surface area (Å²) in [6.07, 6.45) is 3.22. The third-order valence-electron chi connectivity index (χ3n) is 6.75. The highest BCUT2D eigenvalue weighted by Crippen LogP contribution is 2.26. The predicted molar refractivity (Wildman–Crippen MR) is 126 cm³/mol. The average Bonchev–Trinajstić information content (AvgIpc) is 3.53. The first-order valence-corrected chi connectivity index (χ1v) is 11.6. The van der Waals surface area contributed by atoms with E-state index in [1.165, 1.54) is 12.1 Å². The van der Waals surface area contributed by atoms with E-state index in [4.69, 9.17) is 9.47 Å². The van der Waals surface area contributed by atoms with Crippen molar-refractivity contribution in [3.05, 3.63) is 78.1 Å². The molecule has 3 aromatic rings. The smallest absolute Gasteiger partial charge is 0.410 e. The minimum Gasteiger partial charge on any atom is -0.448 e. The summed E-state index contributed by atoms with van der Waals surface area (Å²) in [7, 11) is 1.60. The summed E-state index contributed by atoms with van der Waals surface area (Å²) in [5, 5.41) is 0. The SMILES string of the molecule is COC1CN(C(=O)c2cncn2Cc2ccccc2-c2ccc(F)cc2)CCC1N1CCOC1=O. The second-order valence-corrected chi connectivity index (χ2v) is 8.76. The molecule has 3 heterocycles. The van der Waals surface area contributed by atoms with E-state index >= 15 is 0 Å².